The van der Waals surface area contributed by atoms with Crippen LogP contribution in [0, 0.1) is 10.1 Å². The molecule has 0 saturated carbocycles. The Bertz CT molecular complexity index is 914. The molecule has 0 aliphatic heterocycles. The maximum atomic E-state index is 11.2. The summed E-state index contributed by atoms with van der Waals surface area (Å²) in [5, 5.41) is 15.3. The van der Waals surface area contributed by atoms with Gasteiger partial charge in [0.15, 0.2) is 0 Å². The SMILES string of the molecule is CC1CCCc2c1ccc1c2ccc2c([N+](=O)[O-])cccc21. The number of nitro groups is 1. The Balaban J connectivity index is 2.10. The molecule has 0 bridgehead atoms. The van der Waals surface area contributed by atoms with Crippen LogP contribution in [0.5, 0.6) is 0 Å². The van der Waals surface area contributed by atoms with Crippen LogP contribution in [-0.4, -0.2) is 4.92 Å². The normalized spacial score (nSPS) is 17.6. The van der Waals surface area contributed by atoms with Crippen LogP contribution in [0.25, 0.3) is 21.5 Å². The Kier molecular flexibility index (Phi) is 2.89. The largest absolute Gasteiger partial charge is 0.277 e. The van der Waals surface area contributed by atoms with Gasteiger partial charge in [-0.1, -0.05) is 37.3 Å². The predicted molar refractivity (Wildman–Crippen MR) is 89.5 cm³/mol. The van der Waals surface area contributed by atoms with Gasteiger partial charge in [-0.3, -0.25) is 10.1 Å². The molecule has 0 N–H and O–H groups in total. The van der Waals surface area contributed by atoms with Gasteiger partial charge in [0.05, 0.1) is 10.3 Å². The number of hydrogen-bond donors (Lipinski definition) is 0. The molecule has 1 atom stereocenters. The lowest BCUT2D eigenvalue weighted by Crippen LogP contribution is -2.07. The molecule has 0 radical (unpaired) electrons. The Morgan fingerprint density at radius 3 is 2.55 bits per heavy atom. The monoisotopic (exact) mass is 291 g/mol. The van der Waals surface area contributed by atoms with Crippen LogP contribution in [0.1, 0.15) is 36.8 Å². The molecule has 0 heterocycles. The molecule has 0 spiro atoms. The Labute approximate surface area is 128 Å². The lowest BCUT2D eigenvalue weighted by atomic mass is 9.81. The topological polar surface area (TPSA) is 43.1 Å². The van der Waals surface area contributed by atoms with E-state index in [4.69, 9.17) is 0 Å². The molecule has 110 valence electrons. The van der Waals surface area contributed by atoms with Gasteiger partial charge in [0.1, 0.15) is 0 Å². The number of nitro benzene ring substituents is 1. The van der Waals surface area contributed by atoms with Crippen LogP contribution in [0.2, 0.25) is 0 Å². The molecule has 0 fully saturated rings. The summed E-state index contributed by atoms with van der Waals surface area (Å²) < 4.78 is 0. The minimum atomic E-state index is -0.297. The summed E-state index contributed by atoms with van der Waals surface area (Å²) in [5.41, 5.74) is 3.07. The van der Waals surface area contributed by atoms with Gasteiger partial charge in [-0.15, -0.1) is 0 Å². The fourth-order valence-corrected chi connectivity index (χ4v) is 3.88. The first-order chi connectivity index (χ1) is 10.7. The van der Waals surface area contributed by atoms with Crippen molar-refractivity contribution in [1.82, 2.24) is 0 Å². The van der Waals surface area contributed by atoms with E-state index in [0.717, 1.165) is 22.6 Å². The minimum absolute atomic E-state index is 0.186. The van der Waals surface area contributed by atoms with Gasteiger partial charge in [0.25, 0.3) is 5.69 Å². The fourth-order valence-electron chi connectivity index (χ4n) is 3.88. The fraction of sp³-hybridized carbons (Fsp3) is 0.263. The van der Waals surface area contributed by atoms with Gasteiger partial charge in [-0.2, -0.15) is 0 Å². The molecule has 0 aromatic heterocycles. The lowest BCUT2D eigenvalue weighted by Gasteiger charge is -2.24. The van der Waals surface area contributed by atoms with E-state index in [1.165, 1.54) is 29.4 Å². The molecule has 4 rings (SSSR count). The molecule has 22 heavy (non-hydrogen) atoms. The van der Waals surface area contributed by atoms with Crippen molar-refractivity contribution in [2.45, 2.75) is 32.1 Å². The van der Waals surface area contributed by atoms with Gasteiger partial charge in [-0.25, -0.2) is 0 Å². The average molecular weight is 291 g/mol. The van der Waals surface area contributed by atoms with Crippen LogP contribution in [0.15, 0.2) is 42.5 Å². The number of aryl methyl sites for hydroxylation is 1. The van der Waals surface area contributed by atoms with E-state index >= 15 is 0 Å². The van der Waals surface area contributed by atoms with Crippen LogP contribution in [-0.2, 0) is 6.42 Å². The van der Waals surface area contributed by atoms with Gasteiger partial charge in [0.2, 0.25) is 0 Å². The average Bonchev–Trinajstić information content (AvgIpc) is 2.53. The number of non-ortho nitro benzene ring substituents is 1. The number of nitrogens with zero attached hydrogens (tertiary/aromatic N) is 1. The molecule has 0 amide bonds. The first kappa shape index (κ1) is 13.3. The third kappa shape index (κ3) is 1.82. The molecular formula is C19H17NO2. The van der Waals surface area contributed by atoms with E-state index < -0.39 is 0 Å². The van der Waals surface area contributed by atoms with Gasteiger partial charge in [0, 0.05) is 6.07 Å². The third-order valence-corrected chi connectivity index (χ3v) is 4.97. The third-order valence-electron chi connectivity index (χ3n) is 4.97. The first-order valence-corrected chi connectivity index (χ1v) is 7.78. The summed E-state index contributed by atoms with van der Waals surface area (Å²) in [6.45, 7) is 2.29. The van der Waals surface area contributed by atoms with Crippen LogP contribution in [0.4, 0.5) is 5.69 Å². The Morgan fingerprint density at radius 2 is 1.73 bits per heavy atom. The van der Waals surface area contributed by atoms with E-state index in [9.17, 15) is 10.1 Å². The van der Waals surface area contributed by atoms with E-state index in [-0.39, 0.29) is 10.6 Å². The van der Waals surface area contributed by atoms with Gasteiger partial charge < -0.3 is 0 Å². The van der Waals surface area contributed by atoms with Gasteiger partial charge in [-0.05, 0) is 58.5 Å². The van der Waals surface area contributed by atoms with Crippen molar-refractivity contribution in [3.05, 3.63) is 63.7 Å². The summed E-state index contributed by atoms with van der Waals surface area (Å²) in [5.74, 6) is 0.606. The molecular weight excluding hydrogens is 274 g/mol. The molecule has 3 nitrogen and oxygen atoms in total. The minimum Gasteiger partial charge on any atom is -0.258 e. The maximum absolute atomic E-state index is 11.2. The zero-order valence-corrected chi connectivity index (χ0v) is 12.5. The highest BCUT2D eigenvalue weighted by Gasteiger charge is 2.20. The summed E-state index contributed by atoms with van der Waals surface area (Å²) in [6.07, 6.45) is 3.58. The second-order valence-electron chi connectivity index (χ2n) is 6.22. The molecule has 1 aliphatic rings. The van der Waals surface area contributed by atoms with Gasteiger partial charge >= 0.3 is 0 Å². The molecule has 1 unspecified atom stereocenters. The van der Waals surface area contributed by atoms with Crippen molar-refractivity contribution in [2.75, 3.05) is 0 Å². The molecule has 3 aromatic rings. The summed E-state index contributed by atoms with van der Waals surface area (Å²) >= 11 is 0. The van der Waals surface area contributed by atoms with Crippen molar-refractivity contribution >= 4 is 27.2 Å². The Morgan fingerprint density at radius 1 is 1.00 bits per heavy atom. The predicted octanol–water partition coefficient (Wildman–Crippen LogP) is 5.34. The highest BCUT2D eigenvalue weighted by atomic mass is 16.6. The maximum Gasteiger partial charge on any atom is 0.277 e. The zero-order valence-electron chi connectivity index (χ0n) is 12.5. The van der Waals surface area contributed by atoms with Crippen molar-refractivity contribution in [3.8, 4) is 0 Å². The number of benzene rings is 3. The van der Waals surface area contributed by atoms with E-state index in [0.29, 0.717) is 5.92 Å². The highest BCUT2D eigenvalue weighted by Crippen LogP contribution is 2.39. The summed E-state index contributed by atoms with van der Waals surface area (Å²) in [7, 11) is 0. The molecule has 3 aromatic carbocycles. The van der Waals surface area contributed by atoms with E-state index in [1.54, 1.807) is 12.1 Å². The smallest absolute Gasteiger partial charge is 0.258 e. The molecule has 3 heteroatoms. The number of hydrogen-bond acceptors (Lipinski definition) is 2. The quantitative estimate of drug-likeness (QED) is 0.345. The standard InChI is InChI=1S/C19H17NO2/c1-12-4-2-5-14-13(12)8-9-17-15-6-3-7-19(20(21)22)18(15)11-10-16(14)17/h3,6-12H,2,4-5H2,1H3. The van der Waals surface area contributed by atoms with Crippen molar-refractivity contribution in [2.24, 2.45) is 0 Å². The number of fused-ring (bicyclic) bond motifs is 5. The van der Waals surface area contributed by atoms with Crippen LogP contribution in [0.3, 0.4) is 0 Å². The van der Waals surface area contributed by atoms with Crippen LogP contribution < -0.4 is 0 Å². The highest BCUT2D eigenvalue weighted by molar-refractivity contribution is 6.11. The van der Waals surface area contributed by atoms with Crippen molar-refractivity contribution in [3.63, 3.8) is 0 Å². The molecule has 0 saturated heterocycles. The second kappa shape index (κ2) is 4.80. The van der Waals surface area contributed by atoms with E-state index in [1.807, 2.05) is 12.1 Å². The van der Waals surface area contributed by atoms with E-state index in [2.05, 4.69) is 25.1 Å². The molecule has 1 aliphatic carbocycles. The summed E-state index contributed by atoms with van der Waals surface area (Å²) in [4.78, 5) is 10.9. The van der Waals surface area contributed by atoms with Crippen molar-refractivity contribution < 1.29 is 4.92 Å². The summed E-state index contributed by atoms with van der Waals surface area (Å²) in [6, 6.07) is 13.7. The number of rotatable bonds is 1. The zero-order chi connectivity index (χ0) is 15.3. The second-order valence-corrected chi connectivity index (χ2v) is 6.22. The van der Waals surface area contributed by atoms with Crippen molar-refractivity contribution in [1.29, 1.82) is 0 Å². The Hall–Kier alpha value is -2.42. The lowest BCUT2D eigenvalue weighted by molar-refractivity contribution is -0.383. The first-order valence-electron chi connectivity index (χ1n) is 7.78. The van der Waals surface area contributed by atoms with Crippen LogP contribution >= 0.6 is 0 Å².